The van der Waals surface area contributed by atoms with Gasteiger partial charge in [-0.2, -0.15) is 9.29 Å². The van der Waals surface area contributed by atoms with Crippen LogP contribution in [0.3, 0.4) is 0 Å². The largest absolute Gasteiger partial charge is 0.495 e. The number of H-pyrrole nitrogens is 1. The molecule has 0 saturated carbocycles. The third-order valence-electron chi connectivity index (χ3n) is 5.50. The average molecular weight is 471 g/mol. The van der Waals surface area contributed by atoms with Gasteiger partial charge in [0.1, 0.15) is 16.3 Å². The Morgan fingerprint density at radius 2 is 1.94 bits per heavy atom. The van der Waals surface area contributed by atoms with Crippen molar-refractivity contribution in [1.82, 2.24) is 24.5 Å². The molecule has 0 radical (unpaired) electrons. The van der Waals surface area contributed by atoms with Crippen LogP contribution in [-0.2, 0) is 10.0 Å². The van der Waals surface area contributed by atoms with E-state index >= 15 is 0 Å². The maximum Gasteiger partial charge on any atom is 0.258 e. The van der Waals surface area contributed by atoms with Crippen molar-refractivity contribution in [3.05, 3.63) is 48.2 Å². The summed E-state index contributed by atoms with van der Waals surface area (Å²) in [7, 11) is -2.44. The van der Waals surface area contributed by atoms with Crippen LogP contribution in [-0.4, -0.2) is 59.0 Å². The van der Waals surface area contributed by atoms with Gasteiger partial charge < -0.3 is 4.74 Å². The molecule has 1 saturated heterocycles. The lowest BCUT2D eigenvalue weighted by atomic mass is 9.94. The van der Waals surface area contributed by atoms with E-state index in [9.17, 15) is 13.2 Å². The van der Waals surface area contributed by atoms with E-state index < -0.39 is 15.9 Å². The Morgan fingerprint density at radius 1 is 1.18 bits per heavy atom. The summed E-state index contributed by atoms with van der Waals surface area (Å²) in [4.78, 5) is 21.2. The lowest BCUT2D eigenvalue weighted by Crippen LogP contribution is -2.42. The molecule has 1 aliphatic heterocycles. The number of hydrogen-bond acceptors (Lipinski definition) is 7. The number of sulfonamides is 1. The van der Waals surface area contributed by atoms with E-state index in [-0.39, 0.29) is 34.0 Å². The summed E-state index contributed by atoms with van der Waals surface area (Å²) < 4.78 is 33.6. The smallest absolute Gasteiger partial charge is 0.258 e. The minimum atomic E-state index is -3.85. The van der Waals surface area contributed by atoms with Gasteiger partial charge in [-0.05, 0) is 48.6 Å². The molecule has 3 heterocycles. The van der Waals surface area contributed by atoms with Gasteiger partial charge in [0.2, 0.25) is 16.0 Å². The minimum absolute atomic E-state index is 0.0388. The Bertz CT molecular complexity index is 1230. The van der Waals surface area contributed by atoms with Crippen molar-refractivity contribution >= 4 is 21.9 Å². The fourth-order valence-corrected chi connectivity index (χ4v) is 5.93. The number of carbonyl (C=O) groups is 1. The zero-order chi connectivity index (χ0) is 23.6. The van der Waals surface area contributed by atoms with Crippen LogP contribution in [0.25, 0.3) is 11.5 Å². The first-order chi connectivity index (χ1) is 15.8. The number of aromatic nitrogens is 4. The maximum atomic E-state index is 13.4. The molecule has 2 aromatic heterocycles. The molecule has 2 atom stereocenters. The summed E-state index contributed by atoms with van der Waals surface area (Å²) >= 11 is 0. The summed E-state index contributed by atoms with van der Waals surface area (Å²) in [6, 6.07) is 9.67. The highest BCUT2D eigenvalue weighted by Gasteiger charge is 2.34. The number of benzene rings is 1. The molecule has 1 aromatic carbocycles. The first-order valence-electron chi connectivity index (χ1n) is 10.6. The summed E-state index contributed by atoms with van der Waals surface area (Å²) in [5.41, 5.74) is 0.727. The van der Waals surface area contributed by atoms with Gasteiger partial charge in [-0.25, -0.2) is 8.42 Å². The quantitative estimate of drug-likeness (QED) is 0.566. The van der Waals surface area contributed by atoms with E-state index in [1.807, 2.05) is 19.9 Å². The Hall–Kier alpha value is -3.31. The number of methoxy groups -OCH3 is 1. The monoisotopic (exact) mass is 470 g/mol. The van der Waals surface area contributed by atoms with Crippen molar-refractivity contribution < 1.29 is 17.9 Å². The van der Waals surface area contributed by atoms with Gasteiger partial charge in [-0.1, -0.05) is 19.9 Å². The van der Waals surface area contributed by atoms with Gasteiger partial charge in [-0.15, -0.1) is 5.10 Å². The Labute approximate surface area is 192 Å². The van der Waals surface area contributed by atoms with Crippen LogP contribution in [0.2, 0.25) is 0 Å². The molecular formula is C22H26N6O4S. The van der Waals surface area contributed by atoms with Crippen LogP contribution in [0.5, 0.6) is 5.75 Å². The van der Waals surface area contributed by atoms with E-state index in [0.29, 0.717) is 24.6 Å². The van der Waals surface area contributed by atoms with Gasteiger partial charge in [0, 0.05) is 24.8 Å². The number of hydrogen-bond donors (Lipinski definition) is 2. The molecule has 2 unspecified atom stereocenters. The number of pyridine rings is 1. The van der Waals surface area contributed by atoms with Crippen molar-refractivity contribution in [1.29, 1.82) is 0 Å². The van der Waals surface area contributed by atoms with E-state index in [0.717, 1.165) is 6.42 Å². The normalized spacial score (nSPS) is 19.2. The Kier molecular flexibility index (Phi) is 6.43. The molecule has 1 fully saturated rings. The summed E-state index contributed by atoms with van der Waals surface area (Å²) in [5, 5.41) is 9.31. The molecule has 3 aromatic rings. The van der Waals surface area contributed by atoms with E-state index in [2.05, 4.69) is 25.5 Å². The second-order valence-corrected chi connectivity index (χ2v) is 10.2. The predicted molar refractivity (Wildman–Crippen MR) is 122 cm³/mol. The van der Waals surface area contributed by atoms with Gasteiger partial charge in [-0.3, -0.25) is 20.2 Å². The third-order valence-corrected chi connectivity index (χ3v) is 7.35. The topological polar surface area (TPSA) is 130 Å². The van der Waals surface area contributed by atoms with E-state index in [1.165, 1.54) is 29.6 Å². The molecular weight excluding hydrogens is 444 g/mol. The molecule has 174 valence electrons. The van der Waals surface area contributed by atoms with Crippen molar-refractivity contribution in [2.24, 2.45) is 11.8 Å². The Morgan fingerprint density at radius 3 is 2.61 bits per heavy atom. The van der Waals surface area contributed by atoms with Gasteiger partial charge in [0.25, 0.3) is 5.91 Å². The molecule has 10 nitrogen and oxygen atoms in total. The zero-order valence-electron chi connectivity index (χ0n) is 18.6. The number of aromatic amines is 1. The third kappa shape index (κ3) is 4.88. The van der Waals surface area contributed by atoms with Crippen LogP contribution >= 0.6 is 0 Å². The van der Waals surface area contributed by atoms with Crippen molar-refractivity contribution in [3.63, 3.8) is 0 Å². The molecule has 11 heteroatoms. The number of carbonyl (C=O) groups excluding carboxylic acids is 1. The second-order valence-electron chi connectivity index (χ2n) is 8.31. The van der Waals surface area contributed by atoms with E-state index in [4.69, 9.17) is 4.74 Å². The van der Waals surface area contributed by atoms with Crippen LogP contribution in [0.4, 0.5) is 5.95 Å². The van der Waals surface area contributed by atoms with E-state index in [1.54, 1.807) is 18.3 Å². The van der Waals surface area contributed by atoms with Crippen molar-refractivity contribution in [2.75, 3.05) is 25.5 Å². The van der Waals surface area contributed by atoms with Crippen LogP contribution in [0, 0.1) is 11.8 Å². The fourth-order valence-electron chi connectivity index (χ4n) is 4.07. The summed E-state index contributed by atoms with van der Waals surface area (Å²) in [5.74, 6) is 0.602. The van der Waals surface area contributed by atoms with Crippen LogP contribution < -0.4 is 10.1 Å². The first kappa shape index (κ1) is 22.9. The fraction of sp³-hybridized carbons (Fsp3) is 0.364. The minimum Gasteiger partial charge on any atom is -0.495 e. The number of ether oxygens (including phenoxy) is 1. The average Bonchev–Trinajstić information content (AvgIpc) is 3.27. The molecule has 4 rings (SSSR count). The highest BCUT2D eigenvalue weighted by atomic mass is 32.2. The molecule has 33 heavy (non-hydrogen) atoms. The van der Waals surface area contributed by atoms with Crippen molar-refractivity contribution in [3.8, 4) is 17.3 Å². The molecule has 0 bridgehead atoms. The van der Waals surface area contributed by atoms with Crippen molar-refractivity contribution in [2.45, 2.75) is 25.2 Å². The van der Waals surface area contributed by atoms with Crippen LogP contribution in [0.15, 0.2) is 47.5 Å². The van der Waals surface area contributed by atoms with Gasteiger partial charge in [0.15, 0.2) is 5.82 Å². The highest BCUT2D eigenvalue weighted by Crippen LogP contribution is 2.32. The number of rotatable bonds is 6. The van der Waals surface area contributed by atoms with Crippen LogP contribution in [0.1, 0.15) is 30.6 Å². The molecule has 1 aliphatic rings. The maximum absolute atomic E-state index is 13.4. The molecule has 1 amide bonds. The lowest BCUT2D eigenvalue weighted by molar-refractivity contribution is 0.102. The number of nitrogens with zero attached hydrogens (tertiary/aromatic N) is 4. The first-order valence-corrected chi connectivity index (χ1v) is 12.0. The highest BCUT2D eigenvalue weighted by molar-refractivity contribution is 7.89. The predicted octanol–water partition coefficient (Wildman–Crippen LogP) is 2.79. The summed E-state index contributed by atoms with van der Waals surface area (Å²) in [6.07, 6.45) is 2.60. The summed E-state index contributed by atoms with van der Waals surface area (Å²) in [6.45, 7) is 4.93. The van der Waals surface area contributed by atoms with Gasteiger partial charge in [0.05, 0.1) is 7.11 Å². The SMILES string of the molecule is COc1ccc(C(=O)Nc2n[nH]c(-c3ccccn3)n2)cc1S(=O)(=O)N1CC(C)CC(C)C1. The second kappa shape index (κ2) is 9.28. The molecule has 2 N–H and O–H groups in total. The number of anilines is 1. The number of nitrogens with one attached hydrogen (secondary N) is 2. The Balaban J connectivity index is 1.59. The van der Waals surface area contributed by atoms with Gasteiger partial charge >= 0.3 is 0 Å². The molecule has 0 aliphatic carbocycles. The standard InChI is InChI=1S/C22H26N6O4S/c1-14-10-15(2)13-28(12-14)33(30,31)19-11-16(7-8-18(19)32-3)21(29)25-22-24-20(26-27-22)17-6-4-5-9-23-17/h4-9,11,14-15H,10,12-13H2,1-3H3,(H2,24,25,26,27,29). The lowest BCUT2D eigenvalue weighted by Gasteiger charge is -2.34. The number of piperidine rings is 1. The zero-order valence-corrected chi connectivity index (χ0v) is 19.5. The molecule has 0 spiro atoms. The number of amides is 1.